The van der Waals surface area contributed by atoms with Crippen LogP contribution in [0.15, 0.2) is 54.7 Å². The van der Waals surface area contributed by atoms with Gasteiger partial charge in [0.1, 0.15) is 6.10 Å². The van der Waals surface area contributed by atoms with Crippen molar-refractivity contribution >= 4 is 22.5 Å². The Labute approximate surface area is 231 Å². The summed E-state index contributed by atoms with van der Waals surface area (Å²) in [5, 5.41) is 3.66. The summed E-state index contributed by atoms with van der Waals surface area (Å²) in [7, 11) is 0. The number of aryl methyl sites for hydroxylation is 1. The first-order chi connectivity index (χ1) is 18.9. The molecule has 39 heavy (non-hydrogen) atoms. The van der Waals surface area contributed by atoms with E-state index in [1.54, 1.807) is 0 Å². The molecule has 6 heteroatoms. The van der Waals surface area contributed by atoms with E-state index in [2.05, 4.69) is 60.5 Å². The second-order valence-electron chi connectivity index (χ2n) is 11.9. The quantitative estimate of drug-likeness (QED) is 0.343. The fourth-order valence-electron chi connectivity index (χ4n) is 6.51. The zero-order valence-corrected chi connectivity index (χ0v) is 23.1. The molecule has 0 saturated carbocycles. The summed E-state index contributed by atoms with van der Waals surface area (Å²) in [4.78, 5) is 7.04. The monoisotopic (exact) mass is 526 g/mol. The zero-order valence-electron chi connectivity index (χ0n) is 23.1. The van der Waals surface area contributed by atoms with E-state index in [4.69, 9.17) is 15.5 Å². The van der Waals surface area contributed by atoms with Gasteiger partial charge < -0.3 is 15.8 Å². The largest absolute Gasteiger partial charge is 0.473 e. The molecule has 3 heterocycles. The highest BCUT2D eigenvalue weighted by atomic mass is 19.1. The molecule has 204 valence electrons. The van der Waals surface area contributed by atoms with E-state index >= 15 is 0 Å². The van der Waals surface area contributed by atoms with Crippen LogP contribution in [0.1, 0.15) is 67.3 Å². The molecule has 1 atom stereocenters. The number of hydrogen-bond donors (Lipinski definition) is 2. The van der Waals surface area contributed by atoms with Crippen LogP contribution in [-0.2, 0) is 12.8 Å². The minimum absolute atomic E-state index is 0.0785. The van der Waals surface area contributed by atoms with Gasteiger partial charge in [0.15, 0.2) is 0 Å². The average molecular weight is 527 g/mol. The number of nitrogens with two attached hydrogens (primary N) is 1. The molecule has 1 saturated heterocycles. The molecular formula is C33H39FN4O. The van der Waals surface area contributed by atoms with Crippen molar-refractivity contribution in [3.63, 3.8) is 0 Å². The summed E-state index contributed by atoms with van der Waals surface area (Å²) in [5.74, 6) is 0.648. The number of fused-ring (bicyclic) bond motifs is 2. The highest BCUT2D eigenvalue weighted by Gasteiger charge is 2.29. The number of nitrogens with one attached hydrogen (secondary N) is 1. The summed E-state index contributed by atoms with van der Waals surface area (Å²) in [6, 6.07) is 17.4. The van der Waals surface area contributed by atoms with E-state index in [0.717, 1.165) is 63.0 Å². The van der Waals surface area contributed by atoms with Gasteiger partial charge >= 0.3 is 0 Å². The Kier molecular flexibility index (Phi) is 7.06. The summed E-state index contributed by atoms with van der Waals surface area (Å²) in [6.45, 7) is 6.82. The first kappa shape index (κ1) is 25.9. The molecule has 0 bridgehead atoms. The topological polar surface area (TPSA) is 63.4 Å². The molecule has 0 spiro atoms. The van der Waals surface area contributed by atoms with Crippen molar-refractivity contribution in [3.05, 3.63) is 82.5 Å². The number of alkyl halides is 1. The van der Waals surface area contributed by atoms with Gasteiger partial charge in [0, 0.05) is 54.4 Å². The van der Waals surface area contributed by atoms with Crippen LogP contribution >= 0.6 is 0 Å². The molecule has 2 aliphatic heterocycles. The number of nitrogen functional groups attached to an aromatic ring is 1. The van der Waals surface area contributed by atoms with Crippen molar-refractivity contribution in [2.45, 2.75) is 64.0 Å². The molecular weight excluding hydrogens is 487 g/mol. The molecule has 0 radical (unpaired) electrons. The number of pyridine rings is 1. The number of ether oxygens (including phenoxy) is 1. The van der Waals surface area contributed by atoms with E-state index in [0.29, 0.717) is 12.3 Å². The number of aromatic nitrogens is 1. The fourth-order valence-corrected chi connectivity index (χ4v) is 6.51. The second kappa shape index (κ2) is 10.6. The Morgan fingerprint density at radius 3 is 2.77 bits per heavy atom. The van der Waals surface area contributed by atoms with Gasteiger partial charge in [0.05, 0.1) is 6.67 Å². The molecule has 3 N–H and O–H groups in total. The van der Waals surface area contributed by atoms with Crippen LogP contribution in [0.4, 0.5) is 15.8 Å². The Morgan fingerprint density at radius 2 is 1.95 bits per heavy atom. The van der Waals surface area contributed by atoms with Crippen molar-refractivity contribution in [2.75, 3.05) is 37.4 Å². The second-order valence-corrected chi connectivity index (χ2v) is 11.9. The van der Waals surface area contributed by atoms with E-state index in [9.17, 15) is 4.39 Å². The number of likely N-dealkylation sites (tertiary alicyclic amines) is 1. The van der Waals surface area contributed by atoms with Crippen molar-refractivity contribution in [1.29, 1.82) is 0 Å². The molecule has 1 aromatic heterocycles. The van der Waals surface area contributed by atoms with Gasteiger partial charge in [-0.2, -0.15) is 0 Å². The smallest absolute Gasteiger partial charge is 0.213 e. The van der Waals surface area contributed by atoms with E-state index in [1.165, 1.54) is 39.1 Å². The normalized spacial score (nSPS) is 20.3. The molecule has 3 aromatic rings. The summed E-state index contributed by atoms with van der Waals surface area (Å²) in [5.41, 5.74) is 17.2. The van der Waals surface area contributed by atoms with Crippen LogP contribution < -0.4 is 15.8 Å². The van der Waals surface area contributed by atoms with Crippen LogP contribution in [0, 0.1) is 0 Å². The first-order valence-corrected chi connectivity index (χ1v) is 14.3. The highest BCUT2D eigenvalue weighted by molar-refractivity contribution is 6.00. The predicted molar refractivity (Wildman–Crippen MR) is 158 cm³/mol. The summed E-state index contributed by atoms with van der Waals surface area (Å²) < 4.78 is 18.8. The van der Waals surface area contributed by atoms with Crippen LogP contribution in [-0.4, -0.2) is 47.8 Å². The van der Waals surface area contributed by atoms with Gasteiger partial charge in [-0.05, 0) is 116 Å². The van der Waals surface area contributed by atoms with Gasteiger partial charge in [0.25, 0.3) is 0 Å². The Bertz CT molecular complexity index is 1380. The lowest BCUT2D eigenvalue weighted by Crippen LogP contribution is -2.26. The van der Waals surface area contributed by atoms with Gasteiger partial charge in [0.2, 0.25) is 5.88 Å². The molecule has 1 aliphatic carbocycles. The number of rotatable bonds is 7. The number of nitrogens with zero attached hydrogens (tertiary/aromatic N) is 2. The lowest BCUT2D eigenvalue weighted by molar-refractivity contribution is 0.191. The molecule has 5 nitrogen and oxygen atoms in total. The minimum Gasteiger partial charge on any atom is -0.473 e. The van der Waals surface area contributed by atoms with Crippen LogP contribution in [0.25, 0.3) is 11.1 Å². The average Bonchev–Trinajstić information content (AvgIpc) is 3.43. The van der Waals surface area contributed by atoms with Crippen LogP contribution in [0.5, 0.6) is 5.88 Å². The Morgan fingerprint density at radius 1 is 1.08 bits per heavy atom. The maximum atomic E-state index is 12.6. The molecule has 1 fully saturated rings. The third kappa shape index (κ3) is 5.53. The van der Waals surface area contributed by atoms with E-state index in [1.807, 2.05) is 18.3 Å². The van der Waals surface area contributed by atoms with E-state index in [-0.39, 0.29) is 18.3 Å². The number of halogens is 1. The minimum atomic E-state index is -0.265. The van der Waals surface area contributed by atoms with Crippen molar-refractivity contribution in [2.24, 2.45) is 0 Å². The highest BCUT2D eigenvalue weighted by Crippen LogP contribution is 2.42. The van der Waals surface area contributed by atoms with Crippen LogP contribution in [0.3, 0.4) is 0 Å². The van der Waals surface area contributed by atoms with Gasteiger partial charge in [-0.15, -0.1) is 0 Å². The molecule has 6 rings (SSSR count). The maximum absolute atomic E-state index is 12.6. The number of hydrogen-bond acceptors (Lipinski definition) is 5. The first-order valence-electron chi connectivity index (χ1n) is 14.3. The third-order valence-electron chi connectivity index (χ3n) is 8.28. The van der Waals surface area contributed by atoms with Crippen molar-refractivity contribution in [1.82, 2.24) is 9.88 Å². The number of benzene rings is 2. The standard InChI is InChI=1S/C33H39FN4O/c1-33(2)19-25-17-23(7-11-30(25)37-33)28-6-3-5-22-18-26(35)9-10-29(22)32(28)24-8-12-31(36-20-24)39-27-13-16-38(21-27)15-4-14-34/h7-12,17-18,20,27,37H,3-6,13-16,19,21,35H2,1-2H3. The summed E-state index contributed by atoms with van der Waals surface area (Å²) in [6.07, 6.45) is 7.69. The molecule has 3 aliphatic rings. The van der Waals surface area contributed by atoms with Crippen molar-refractivity contribution in [3.8, 4) is 5.88 Å². The third-order valence-corrected chi connectivity index (χ3v) is 8.28. The molecule has 1 unspecified atom stereocenters. The fraction of sp³-hybridized carbons (Fsp3) is 0.424. The number of anilines is 2. The van der Waals surface area contributed by atoms with Crippen LogP contribution in [0.2, 0.25) is 0 Å². The number of allylic oxidation sites excluding steroid dienone is 1. The van der Waals surface area contributed by atoms with Gasteiger partial charge in [-0.3, -0.25) is 9.29 Å². The van der Waals surface area contributed by atoms with Crippen molar-refractivity contribution < 1.29 is 9.13 Å². The zero-order chi connectivity index (χ0) is 27.0. The predicted octanol–water partition coefficient (Wildman–Crippen LogP) is 6.52. The Balaban J connectivity index is 1.34. The van der Waals surface area contributed by atoms with E-state index < -0.39 is 0 Å². The lowest BCUT2D eigenvalue weighted by atomic mass is 9.87. The maximum Gasteiger partial charge on any atom is 0.213 e. The SMILES string of the molecule is CC1(C)Cc2cc(C3=C(c4ccc(OC5CCN(CCCF)C5)nc4)c4ccc(N)cc4CCC3)ccc2N1. The Hall–Kier alpha value is -3.38. The lowest BCUT2D eigenvalue weighted by Gasteiger charge is -2.18. The van der Waals surface area contributed by atoms with Gasteiger partial charge in [-0.25, -0.2) is 4.98 Å². The molecule has 2 aromatic carbocycles. The van der Waals surface area contributed by atoms with Gasteiger partial charge in [-0.1, -0.05) is 12.1 Å². The summed E-state index contributed by atoms with van der Waals surface area (Å²) >= 11 is 0. The molecule has 0 amide bonds.